The average Bonchev–Trinajstić information content (AvgIpc) is 2.94. The Morgan fingerprint density at radius 3 is 2.59 bits per heavy atom. The Bertz CT molecular complexity index is 1290. The molecule has 0 saturated heterocycles. The van der Waals surface area contributed by atoms with Crippen LogP contribution in [0.3, 0.4) is 0 Å². The molecule has 0 aliphatic carbocycles. The van der Waals surface area contributed by atoms with Crippen LogP contribution in [0.15, 0.2) is 59.5 Å². The highest BCUT2D eigenvalue weighted by Crippen LogP contribution is 2.41. The van der Waals surface area contributed by atoms with Gasteiger partial charge in [0.15, 0.2) is 11.4 Å². The van der Waals surface area contributed by atoms with Crippen LogP contribution in [0.25, 0.3) is 0 Å². The maximum absolute atomic E-state index is 14.8. The molecule has 1 N–H and O–H groups in total. The first kappa shape index (κ1) is 20.1. The van der Waals surface area contributed by atoms with Crippen LogP contribution in [0.2, 0.25) is 0 Å². The quantitative estimate of drug-likeness (QED) is 0.670. The number of para-hydroxylation sites is 1. The maximum atomic E-state index is 14.8. The second-order valence-corrected chi connectivity index (χ2v) is 8.21. The summed E-state index contributed by atoms with van der Waals surface area (Å²) in [5.74, 6) is -0.820. The number of rotatable bonds is 2. The number of carbonyl (C=O) groups excluding carboxylic acids is 1. The van der Waals surface area contributed by atoms with Gasteiger partial charge < -0.3 is 14.7 Å². The first-order chi connectivity index (χ1) is 15.4. The highest BCUT2D eigenvalue weighted by molar-refractivity contribution is 5.96. The van der Waals surface area contributed by atoms with Crippen LogP contribution in [-0.4, -0.2) is 33.3 Å². The zero-order valence-corrected chi connectivity index (χ0v) is 17.7. The molecule has 2 aromatic carbocycles. The Morgan fingerprint density at radius 1 is 1.06 bits per heavy atom. The summed E-state index contributed by atoms with van der Waals surface area (Å²) in [6.45, 7) is 3.96. The molecule has 0 saturated carbocycles. The first-order valence-corrected chi connectivity index (χ1v) is 10.4. The average molecular weight is 435 g/mol. The summed E-state index contributed by atoms with van der Waals surface area (Å²) in [7, 11) is 0. The SMILES string of the molecule is CC(C)N1CN(C2c3ccccc3OCc3c(F)cccc32)n2ccc(=O)c(O)c2C1=O. The number of halogens is 1. The predicted molar refractivity (Wildman–Crippen MR) is 116 cm³/mol. The summed E-state index contributed by atoms with van der Waals surface area (Å²) in [6, 6.07) is 12.8. The number of benzene rings is 2. The molecule has 1 unspecified atom stereocenters. The predicted octanol–water partition coefficient (Wildman–Crippen LogP) is 3.13. The minimum absolute atomic E-state index is 0.0679. The van der Waals surface area contributed by atoms with Crippen LogP contribution in [0, 0.1) is 5.82 Å². The second kappa shape index (κ2) is 7.40. The van der Waals surface area contributed by atoms with Gasteiger partial charge in [-0.2, -0.15) is 0 Å². The summed E-state index contributed by atoms with van der Waals surface area (Å²) in [5.41, 5.74) is 1.16. The van der Waals surface area contributed by atoms with Crippen molar-refractivity contribution in [1.82, 2.24) is 9.58 Å². The van der Waals surface area contributed by atoms with E-state index >= 15 is 0 Å². The van der Waals surface area contributed by atoms with E-state index < -0.39 is 23.1 Å². The normalized spacial score (nSPS) is 17.4. The van der Waals surface area contributed by atoms with Crippen molar-refractivity contribution in [1.29, 1.82) is 0 Å². The molecule has 0 spiro atoms. The summed E-state index contributed by atoms with van der Waals surface area (Å²) < 4.78 is 22.3. The van der Waals surface area contributed by atoms with E-state index in [0.717, 1.165) is 5.56 Å². The fourth-order valence-corrected chi connectivity index (χ4v) is 4.42. The van der Waals surface area contributed by atoms with Gasteiger partial charge in [0.25, 0.3) is 5.91 Å². The van der Waals surface area contributed by atoms with Gasteiger partial charge in [-0.25, -0.2) is 4.39 Å². The largest absolute Gasteiger partial charge is 0.502 e. The fourth-order valence-electron chi connectivity index (χ4n) is 4.42. The molecule has 3 aromatic rings. The lowest BCUT2D eigenvalue weighted by molar-refractivity contribution is 0.0621. The molecule has 7 nitrogen and oxygen atoms in total. The van der Waals surface area contributed by atoms with Crippen molar-refractivity contribution < 1.29 is 19.0 Å². The highest BCUT2D eigenvalue weighted by Gasteiger charge is 2.39. The lowest BCUT2D eigenvalue weighted by Gasteiger charge is -2.45. The Labute approximate surface area is 183 Å². The Morgan fingerprint density at radius 2 is 1.81 bits per heavy atom. The molecular formula is C24H22FN3O4. The molecule has 8 heteroatoms. The van der Waals surface area contributed by atoms with Crippen LogP contribution in [0.1, 0.15) is 47.1 Å². The number of hydrogen-bond donors (Lipinski definition) is 1. The van der Waals surface area contributed by atoms with Crippen molar-refractivity contribution in [3.05, 3.63) is 93.2 Å². The van der Waals surface area contributed by atoms with Crippen LogP contribution < -0.4 is 15.2 Å². The van der Waals surface area contributed by atoms with E-state index in [0.29, 0.717) is 16.9 Å². The van der Waals surface area contributed by atoms with Crippen molar-refractivity contribution in [3.8, 4) is 11.5 Å². The van der Waals surface area contributed by atoms with E-state index in [1.165, 1.54) is 23.0 Å². The number of aromatic hydroxyl groups is 1. The lowest BCUT2D eigenvalue weighted by atomic mass is 9.94. The zero-order chi connectivity index (χ0) is 22.6. The van der Waals surface area contributed by atoms with Gasteiger partial charge in [-0.05, 0) is 31.5 Å². The van der Waals surface area contributed by atoms with Gasteiger partial charge in [-0.1, -0.05) is 30.3 Å². The maximum Gasteiger partial charge on any atom is 0.278 e. The van der Waals surface area contributed by atoms with Crippen molar-refractivity contribution in [2.75, 3.05) is 11.7 Å². The molecule has 3 heterocycles. The number of amides is 1. The van der Waals surface area contributed by atoms with Crippen LogP contribution in [-0.2, 0) is 6.61 Å². The molecule has 2 aliphatic rings. The Kier molecular flexibility index (Phi) is 4.65. The fraction of sp³-hybridized carbons (Fsp3) is 0.250. The third-order valence-electron chi connectivity index (χ3n) is 6.05. The molecule has 0 radical (unpaired) electrons. The molecule has 2 aliphatic heterocycles. The molecule has 1 atom stereocenters. The van der Waals surface area contributed by atoms with E-state index in [1.807, 2.05) is 49.2 Å². The second-order valence-electron chi connectivity index (χ2n) is 8.21. The zero-order valence-electron chi connectivity index (χ0n) is 17.7. The minimum Gasteiger partial charge on any atom is -0.502 e. The number of fused-ring (bicyclic) bond motifs is 3. The number of hydrogen-bond acceptors (Lipinski definition) is 5. The molecule has 1 aromatic heterocycles. The lowest BCUT2D eigenvalue weighted by Crippen LogP contribution is -2.57. The monoisotopic (exact) mass is 435 g/mol. The van der Waals surface area contributed by atoms with Gasteiger partial charge in [0.05, 0.1) is 0 Å². The molecule has 1 amide bonds. The molecule has 5 rings (SSSR count). The number of carbonyl (C=O) groups is 1. The van der Waals surface area contributed by atoms with Crippen molar-refractivity contribution >= 4 is 5.91 Å². The van der Waals surface area contributed by atoms with Crippen molar-refractivity contribution in [2.24, 2.45) is 0 Å². The van der Waals surface area contributed by atoms with Crippen molar-refractivity contribution in [2.45, 2.75) is 32.5 Å². The minimum atomic E-state index is -0.633. The van der Waals surface area contributed by atoms with Crippen LogP contribution >= 0.6 is 0 Å². The highest BCUT2D eigenvalue weighted by atomic mass is 19.1. The smallest absolute Gasteiger partial charge is 0.278 e. The first-order valence-electron chi connectivity index (χ1n) is 10.4. The van der Waals surface area contributed by atoms with E-state index in [4.69, 9.17) is 4.74 Å². The Hall–Kier alpha value is -3.81. The number of nitrogens with zero attached hydrogens (tertiary/aromatic N) is 3. The molecular weight excluding hydrogens is 413 g/mol. The van der Waals surface area contributed by atoms with Crippen molar-refractivity contribution in [3.63, 3.8) is 0 Å². The van der Waals surface area contributed by atoms with E-state index in [1.54, 1.807) is 11.0 Å². The van der Waals surface area contributed by atoms with Crippen LogP contribution in [0.4, 0.5) is 4.39 Å². The Balaban J connectivity index is 1.80. The van der Waals surface area contributed by atoms with E-state index in [9.17, 15) is 19.1 Å². The third kappa shape index (κ3) is 2.94. The van der Waals surface area contributed by atoms with Gasteiger partial charge in [-0.3, -0.25) is 19.3 Å². The summed E-state index contributed by atoms with van der Waals surface area (Å²) in [4.78, 5) is 26.9. The van der Waals surface area contributed by atoms with Gasteiger partial charge in [0.1, 0.15) is 30.9 Å². The van der Waals surface area contributed by atoms with Crippen LogP contribution in [0.5, 0.6) is 11.5 Å². The van der Waals surface area contributed by atoms with Gasteiger partial charge in [0.2, 0.25) is 5.43 Å². The standard InChI is InChI=1S/C24H22FN3O4/c1-14(2)26-13-28(27-11-10-19(29)23(30)22(27)24(26)31)21-15-7-5-8-18(25)17(15)12-32-20-9-4-3-6-16(20)21/h3-11,14,21,30H,12-13H2,1-2H3. The van der Waals surface area contributed by atoms with E-state index in [2.05, 4.69) is 0 Å². The molecule has 32 heavy (non-hydrogen) atoms. The molecule has 164 valence electrons. The number of aromatic nitrogens is 1. The topological polar surface area (TPSA) is 75.0 Å². The molecule has 0 bridgehead atoms. The third-order valence-corrected chi connectivity index (χ3v) is 6.05. The molecule has 0 fully saturated rings. The number of ether oxygens (including phenoxy) is 1. The van der Waals surface area contributed by atoms with E-state index in [-0.39, 0.29) is 30.8 Å². The van der Waals surface area contributed by atoms with Gasteiger partial charge in [-0.15, -0.1) is 0 Å². The summed E-state index contributed by atoms with van der Waals surface area (Å²) >= 11 is 0. The summed E-state index contributed by atoms with van der Waals surface area (Å²) in [5, 5.41) is 12.4. The summed E-state index contributed by atoms with van der Waals surface area (Å²) in [6.07, 6.45) is 1.47. The van der Waals surface area contributed by atoms with Gasteiger partial charge >= 0.3 is 0 Å². The van der Waals surface area contributed by atoms with Gasteiger partial charge in [0, 0.05) is 29.4 Å². The number of pyridine rings is 1.